The Morgan fingerprint density at radius 2 is 0.773 bits per heavy atom. The van der Waals surface area contributed by atoms with Crippen molar-refractivity contribution >= 4 is 78.5 Å². The summed E-state index contributed by atoms with van der Waals surface area (Å²) in [5.74, 6) is -12.4. The van der Waals surface area contributed by atoms with E-state index in [1.165, 1.54) is 38.1 Å². The maximum Gasteiger partial charge on any atom is 0.326 e. The number of ether oxygens (including phenoxy) is 2. The Balaban J connectivity index is 1.37. The molecule has 0 saturated heterocycles. The number of benzene rings is 8. The summed E-state index contributed by atoms with van der Waals surface area (Å²) in [4.78, 5) is 90.0. The van der Waals surface area contributed by atoms with Gasteiger partial charge in [-0.15, -0.1) is 0 Å². The van der Waals surface area contributed by atoms with Crippen LogP contribution in [0.15, 0.2) is 170 Å². The Hall–Kier alpha value is -7.98. The lowest BCUT2D eigenvalue weighted by atomic mass is 9.48. The topological polar surface area (TPSA) is 161 Å². The lowest BCUT2D eigenvalue weighted by molar-refractivity contribution is -0.205. The molecule has 2 N–H and O–H groups in total. The quantitative estimate of drug-likeness (QED) is 0.0390. The third kappa shape index (κ3) is 7.64. The fourth-order valence-corrected chi connectivity index (χ4v) is 9.85. The van der Waals surface area contributed by atoms with Crippen molar-refractivity contribution in [1.82, 2.24) is 0 Å². The summed E-state index contributed by atoms with van der Waals surface area (Å²) < 4.78 is 11.3. The minimum Gasteiger partial charge on any atom is -0.480 e. The number of carboxylic acids is 2. The number of carbonyl (C=O) groups is 6. The Kier molecular flexibility index (Phi) is 12.6. The van der Waals surface area contributed by atoms with Crippen LogP contribution in [-0.2, 0) is 28.7 Å². The molecule has 8 aromatic carbocycles. The van der Waals surface area contributed by atoms with Crippen LogP contribution < -0.4 is 0 Å². The molecule has 8 aromatic rings. The van der Waals surface area contributed by atoms with Crippen LogP contribution in [0.25, 0.3) is 43.1 Å². The van der Waals surface area contributed by atoms with Crippen LogP contribution in [0.4, 0.5) is 0 Å². The highest BCUT2D eigenvalue weighted by Gasteiger charge is 2.78. The van der Waals surface area contributed by atoms with E-state index in [9.17, 15) is 29.4 Å². The van der Waals surface area contributed by atoms with Gasteiger partial charge in [0, 0.05) is 35.8 Å². The standard InChI is InChI=1S/C56H46O10/c1-3-65-53(63)56(54(64)66-4-2,48(38-19-9-6-10-20-38)34-50(58)42-28-30-46-40(32-42)26-24-36-16-12-14-22-44(36)46)55(51(59)60,52(61)62)47(37-17-7-5-8-18-37)33-49(57)41-27-29-45-39(31-41)25-23-35-15-11-13-21-43(35)45/h5-32,47-48H,3-4,33-34H2,1-2H3,(H,59,60)(H,61,62). The molecule has 0 aromatic heterocycles. The van der Waals surface area contributed by atoms with Gasteiger partial charge in [-0.25, -0.2) is 0 Å². The molecule has 2 atom stereocenters. The number of carbonyl (C=O) groups excluding carboxylic acids is 4. The molecule has 0 bridgehead atoms. The lowest BCUT2D eigenvalue weighted by Crippen LogP contribution is -2.67. The molecule has 0 fully saturated rings. The highest BCUT2D eigenvalue weighted by atomic mass is 16.6. The van der Waals surface area contributed by atoms with Gasteiger partial charge in [0.15, 0.2) is 22.4 Å². The molecule has 0 aliphatic carbocycles. The maximum absolute atomic E-state index is 15.4. The van der Waals surface area contributed by atoms with Crippen LogP contribution in [0.2, 0.25) is 0 Å². The molecule has 330 valence electrons. The van der Waals surface area contributed by atoms with E-state index in [1.54, 1.807) is 72.8 Å². The summed E-state index contributed by atoms with van der Waals surface area (Å²) in [6.45, 7) is 2.04. The first kappa shape index (κ1) is 44.6. The smallest absolute Gasteiger partial charge is 0.326 e. The van der Waals surface area contributed by atoms with Crippen molar-refractivity contribution in [3.8, 4) is 0 Å². The highest BCUT2D eigenvalue weighted by Crippen LogP contribution is 2.61. The predicted molar refractivity (Wildman–Crippen MR) is 253 cm³/mol. The Bertz CT molecular complexity index is 3140. The number of Topliss-reactive ketones (excluding diaryl/α,β-unsaturated/α-hetero) is 2. The van der Waals surface area contributed by atoms with Crippen LogP contribution in [0.5, 0.6) is 0 Å². The van der Waals surface area contributed by atoms with Crippen molar-refractivity contribution in [1.29, 1.82) is 0 Å². The maximum atomic E-state index is 15.4. The average molecular weight is 879 g/mol. The first-order valence-corrected chi connectivity index (χ1v) is 21.8. The van der Waals surface area contributed by atoms with Gasteiger partial charge in [-0.1, -0.05) is 158 Å². The molecule has 0 radical (unpaired) electrons. The Morgan fingerprint density at radius 1 is 0.424 bits per heavy atom. The van der Waals surface area contributed by atoms with E-state index in [0.29, 0.717) is 10.8 Å². The van der Waals surface area contributed by atoms with Gasteiger partial charge in [0.05, 0.1) is 13.2 Å². The van der Waals surface area contributed by atoms with Gasteiger partial charge in [-0.3, -0.25) is 28.8 Å². The molecule has 0 saturated carbocycles. The highest BCUT2D eigenvalue weighted by molar-refractivity contribution is 6.17. The number of aliphatic carboxylic acids is 2. The van der Waals surface area contributed by atoms with Crippen molar-refractivity contribution in [2.75, 3.05) is 13.2 Å². The summed E-state index contributed by atoms with van der Waals surface area (Å²) in [6.07, 6.45) is -1.56. The Labute approximate surface area is 380 Å². The molecule has 66 heavy (non-hydrogen) atoms. The summed E-state index contributed by atoms with van der Waals surface area (Å²) in [5.41, 5.74) is -6.51. The molecule has 0 spiro atoms. The molecular formula is C56H46O10. The number of hydrogen-bond donors (Lipinski definition) is 2. The summed E-state index contributed by atoms with van der Waals surface area (Å²) in [7, 11) is 0. The zero-order valence-electron chi connectivity index (χ0n) is 36.3. The molecule has 10 heteroatoms. The third-order valence-corrected chi connectivity index (χ3v) is 12.9. The van der Waals surface area contributed by atoms with Crippen molar-refractivity contribution in [2.45, 2.75) is 38.5 Å². The molecular weight excluding hydrogens is 833 g/mol. The van der Waals surface area contributed by atoms with Gasteiger partial charge in [-0.05, 0) is 80.2 Å². The first-order valence-electron chi connectivity index (χ1n) is 21.8. The average Bonchev–Trinajstić information content (AvgIpc) is 3.34. The van der Waals surface area contributed by atoms with Crippen LogP contribution in [0.3, 0.4) is 0 Å². The third-order valence-electron chi connectivity index (χ3n) is 12.9. The van der Waals surface area contributed by atoms with E-state index in [1.807, 2.05) is 72.8 Å². The molecule has 0 amide bonds. The van der Waals surface area contributed by atoms with Gasteiger partial charge >= 0.3 is 23.9 Å². The number of ketones is 2. The summed E-state index contributed by atoms with van der Waals surface area (Å²) in [5, 5.41) is 30.8. The monoisotopic (exact) mass is 878 g/mol. The van der Waals surface area contributed by atoms with Gasteiger partial charge in [0.1, 0.15) is 0 Å². The second-order valence-corrected chi connectivity index (χ2v) is 16.3. The fraction of sp³-hybridized carbons (Fsp3) is 0.179. The van der Waals surface area contributed by atoms with E-state index < -0.39 is 84.2 Å². The largest absolute Gasteiger partial charge is 0.480 e. The van der Waals surface area contributed by atoms with Gasteiger partial charge in [0.2, 0.25) is 0 Å². The van der Waals surface area contributed by atoms with Crippen molar-refractivity contribution < 1.29 is 48.5 Å². The van der Waals surface area contributed by atoms with E-state index >= 15 is 9.59 Å². The first-order chi connectivity index (χ1) is 32.0. The number of fused-ring (bicyclic) bond motifs is 6. The molecule has 0 aliphatic rings. The van der Waals surface area contributed by atoms with Crippen LogP contribution in [-0.4, -0.2) is 58.9 Å². The van der Waals surface area contributed by atoms with Gasteiger partial charge in [0.25, 0.3) is 0 Å². The van der Waals surface area contributed by atoms with Gasteiger partial charge < -0.3 is 19.7 Å². The van der Waals surface area contributed by atoms with Crippen molar-refractivity contribution in [3.05, 3.63) is 192 Å². The second kappa shape index (κ2) is 18.6. The molecule has 8 rings (SSSR count). The van der Waals surface area contributed by atoms with E-state index in [0.717, 1.165) is 32.3 Å². The van der Waals surface area contributed by atoms with Crippen molar-refractivity contribution in [3.63, 3.8) is 0 Å². The number of hydrogen-bond acceptors (Lipinski definition) is 8. The van der Waals surface area contributed by atoms with Crippen molar-refractivity contribution in [2.24, 2.45) is 10.8 Å². The number of esters is 2. The van der Waals surface area contributed by atoms with Gasteiger partial charge in [-0.2, -0.15) is 0 Å². The SMILES string of the molecule is CCOC(=O)C(C(=O)OCC)(C(CC(=O)c1ccc2c(ccc3ccccc32)c1)c1ccccc1)C(C(=O)O)(C(=O)O)C(CC(=O)c1ccc2c(ccc3ccccc32)c1)c1ccccc1. The zero-order valence-corrected chi connectivity index (χ0v) is 36.3. The van der Waals surface area contributed by atoms with Crippen LogP contribution >= 0.6 is 0 Å². The van der Waals surface area contributed by atoms with Crippen LogP contribution in [0.1, 0.15) is 70.4 Å². The lowest BCUT2D eigenvalue weighted by Gasteiger charge is -2.48. The zero-order chi connectivity index (χ0) is 46.6. The van der Waals surface area contributed by atoms with E-state index in [-0.39, 0.29) is 22.3 Å². The molecule has 0 aliphatic heterocycles. The normalized spacial score (nSPS) is 12.7. The minimum atomic E-state index is -3.57. The predicted octanol–water partition coefficient (Wildman–Crippen LogP) is 11.0. The summed E-state index contributed by atoms with van der Waals surface area (Å²) >= 11 is 0. The number of rotatable bonds is 17. The fourth-order valence-electron chi connectivity index (χ4n) is 9.85. The van der Waals surface area contributed by atoms with Crippen LogP contribution in [0, 0.1) is 10.8 Å². The van der Waals surface area contributed by atoms with E-state index in [2.05, 4.69) is 0 Å². The molecule has 10 nitrogen and oxygen atoms in total. The Morgan fingerprint density at radius 3 is 1.17 bits per heavy atom. The number of carboxylic acid groups (broad SMARTS) is 2. The minimum absolute atomic E-state index is 0.0281. The van der Waals surface area contributed by atoms with E-state index in [4.69, 9.17) is 9.47 Å². The second-order valence-electron chi connectivity index (χ2n) is 16.3. The summed E-state index contributed by atoms with van der Waals surface area (Å²) in [6, 6.07) is 48.5. The molecule has 2 unspecified atom stereocenters. The molecule has 0 heterocycles.